The molecule has 11 nitrogen and oxygen atoms in total. The van der Waals surface area contributed by atoms with Crippen LogP contribution in [0.2, 0.25) is 0 Å². The summed E-state index contributed by atoms with van der Waals surface area (Å²) in [5.41, 5.74) is 0.0776. The number of carboxylic acid groups (broad SMARTS) is 1. The molecule has 2 aromatic rings. The Morgan fingerprint density at radius 1 is 0.939 bits per heavy atom. The van der Waals surface area contributed by atoms with E-state index in [0.29, 0.717) is 5.56 Å². The third-order valence-electron chi connectivity index (χ3n) is 5.94. The van der Waals surface area contributed by atoms with Gasteiger partial charge in [0, 0.05) is 12.1 Å². The van der Waals surface area contributed by atoms with Crippen LogP contribution in [-0.2, 0) is 9.53 Å². The van der Waals surface area contributed by atoms with Gasteiger partial charge in [0.1, 0.15) is 40.8 Å². The Morgan fingerprint density at radius 2 is 1.61 bits per heavy atom. The van der Waals surface area contributed by atoms with Crippen molar-refractivity contribution in [1.29, 1.82) is 0 Å². The van der Waals surface area contributed by atoms with Crippen LogP contribution < -0.4 is 4.74 Å². The molecule has 0 spiro atoms. The molecule has 2 aromatic carbocycles. The summed E-state index contributed by atoms with van der Waals surface area (Å²) in [4.78, 5) is 24.8. The first-order chi connectivity index (χ1) is 15.6. The summed E-state index contributed by atoms with van der Waals surface area (Å²) in [6.45, 7) is 0. The highest BCUT2D eigenvalue weighted by atomic mass is 16.6. The molecule has 176 valence electrons. The first kappa shape index (κ1) is 22.8. The summed E-state index contributed by atoms with van der Waals surface area (Å²) in [6.07, 6.45) is -9.75. The van der Waals surface area contributed by atoms with Crippen LogP contribution in [0.4, 0.5) is 0 Å². The molecular formula is C22H22O11. The number of carboxylic acids is 1. The molecule has 1 heterocycles. The average Bonchev–Trinajstić information content (AvgIpc) is 2.75. The molecule has 7 N–H and O–H groups in total. The molecule has 1 aliphatic heterocycles. The molecule has 2 aliphatic rings. The molecule has 11 heteroatoms. The smallest absolute Gasteiger partial charge is 0.309 e. The first-order valence-corrected chi connectivity index (χ1v) is 10.1. The van der Waals surface area contributed by atoms with Gasteiger partial charge in [-0.05, 0) is 24.1 Å². The lowest BCUT2D eigenvalue weighted by molar-refractivity contribution is -0.197. The van der Waals surface area contributed by atoms with Gasteiger partial charge < -0.3 is 45.2 Å². The van der Waals surface area contributed by atoms with Crippen LogP contribution in [0.1, 0.15) is 28.4 Å². The number of carbonyl (C=O) groups excluding carboxylic acids is 1. The maximum Gasteiger partial charge on any atom is 0.309 e. The lowest BCUT2D eigenvalue weighted by Crippen LogP contribution is -2.57. The number of Topliss-reactive ketones (excluding diaryl/α,β-unsaturated/α-hetero) is 1. The number of benzene rings is 2. The van der Waals surface area contributed by atoms with Crippen molar-refractivity contribution in [2.24, 2.45) is 5.92 Å². The van der Waals surface area contributed by atoms with Crippen LogP contribution in [-0.4, -0.2) is 78.0 Å². The van der Waals surface area contributed by atoms with Crippen molar-refractivity contribution in [2.75, 3.05) is 0 Å². The number of aliphatic hydroxyl groups excluding tert-OH is 3. The predicted molar refractivity (Wildman–Crippen MR) is 108 cm³/mol. The van der Waals surface area contributed by atoms with E-state index in [1.807, 2.05) is 0 Å². The maximum absolute atomic E-state index is 13.3. The molecule has 0 unspecified atom stereocenters. The number of hydrogen-bond donors (Lipinski definition) is 7. The third-order valence-corrected chi connectivity index (χ3v) is 5.94. The first-order valence-electron chi connectivity index (χ1n) is 10.1. The highest BCUT2D eigenvalue weighted by molar-refractivity contribution is 6.05. The SMILES string of the molecule is O=C(O)[C@H]1C[C@H](O[C@H]2C(=O)c3c(O)cc(O)cc3O[C@@H]2c2ccc(O)cc2)[C@H](O)[C@@H](O)[C@@H]1O. The van der Waals surface area contributed by atoms with Crippen LogP contribution in [0.3, 0.4) is 0 Å². The molecule has 1 fully saturated rings. The molecule has 7 atom stereocenters. The van der Waals surface area contributed by atoms with E-state index in [0.717, 1.165) is 12.1 Å². The molecule has 4 rings (SSSR count). The van der Waals surface area contributed by atoms with Gasteiger partial charge in [-0.1, -0.05) is 12.1 Å². The normalized spacial score (nSPS) is 31.5. The second-order valence-corrected chi connectivity index (χ2v) is 8.08. The number of aliphatic carboxylic acids is 1. The van der Waals surface area contributed by atoms with Crippen LogP contribution in [0, 0.1) is 5.92 Å². The molecule has 33 heavy (non-hydrogen) atoms. The van der Waals surface area contributed by atoms with Gasteiger partial charge in [0.2, 0.25) is 5.78 Å². The summed E-state index contributed by atoms with van der Waals surface area (Å²) in [5.74, 6) is -4.76. The van der Waals surface area contributed by atoms with Gasteiger partial charge in [-0.25, -0.2) is 0 Å². The molecule has 0 saturated heterocycles. The third kappa shape index (κ3) is 4.07. The number of phenols is 3. The van der Waals surface area contributed by atoms with Crippen molar-refractivity contribution < 1.29 is 54.8 Å². The van der Waals surface area contributed by atoms with Crippen LogP contribution >= 0.6 is 0 Å². The van der Waals surface area contributed by atoms with E-state index in [2.05, 4.69) is 0 Å². The number of ether oxygens (including phenoxy) is 2. The molecule has 1 aliphatic carbocycles. The summed E-state index contributed by atoms with van der Waals surface area (Å²) in [6, 6.07) is 7.65. The fourth-order valence-electron chi connectivity index (χ4n) is 4.21. The molecule has 0 amide bonds. The lowest BCUT2D eigenvalue weighted by Gasteiger charge is -2.41. The summed E-state index contributed by atoms with van der Waals surface area (Å²) in [5, 5.41) is 69.5. The topological polar surface area (TPSA) is 194 Å². The second-order valence-electron chi connectivity index (χ2n) is 8.08. The van der Waals surface area contributed by atoms with Crippen molar-refractivity contribution in [3.05, 3.63) is 47.5 Å². The molecular weight excluding hydrogens is 440 g/mol. The fraction of sp³-hybridized carbons (Fsp3) is 0.364. The summed E-state index contributed by atoms with van der Waals surface area (Å²) in [7, 11) is 0. The Kier molecular flexibility index (Phi) is 5.89. The van der Waals surface area contributed by atoms with Gasteiger partial charge in [-0.2, -0.15) is 0 Å². The van der Waals surface area contributed by atoms with Crippen molar-refractivity contribution in [3.8, 4) is 23.0 Å². The van der Waals surface area contributed by atoms with Gasteiger partial charge in [0.25, 0.3) is 0 Å². The van der Waals surface area contributed by atoms with E-state index in [-0.39, 0.29) is 22.8 Å². The molecule has 0 aromatic heterocycles. The van der Waals surface area contributed by atoms with E-state index >= 15 is 0 Å². The molecule has 0 radical (unpaired) electrons. The van der Waals surface area contributed by atoms with E-state index in [4.69, 9.17) is 9.47 Å². The Balaban J connectivity index is 1.73. The van der Waals surface area contributed by atoms with E-state index in [1.165, 1.54) is 24.3 Å². The lowest BCUT2D eigenvalue weighted by atomic mass is 9.80. The number of hydrogen-bond acceptors (Lipinski definition) is 10. The number of carbonyl (C=O) groups is 2. The van der Waals surface area contributed by atoms with Crippen LogP contribution in [0.25, 0.3) is 0 Å². The maximum atomic E-state index is 13.3. The summed E-state index contributed by atoms with van der Waals surface area (Å²) < 4.78 is 11.6. The van der Waals surface area contributed by atoms with Crippen molar-refractivity contribution >= 4 is 11.8 Å². The van der Waals surface area contributed by atoms with Crippen LogP contribution in [0.5, 0.6) is 23.0 Å². The van der Waals surface area contributed by atoms with Crippen molar-refractivity contribution in [1.82, 2.24) is 0 Å². The van der Waals surface area contributed by atoms with E-state index < -0.39 is 66.5 Å². The zero-order chi connectivity index (χ0) is 24.0. The quantitative estimate of drug-likeness (QED) is 0.325. The largest absolute Gasteiger partial charge is 0.508 e. The Labute approximate surface area is 186 Å². The van der Waals surface area contributed by atoms with Gasteiger partial charge in [-0.15, -0.1) is 0 Å². The highest BCUT2D eigenvalue weighted by Gasteiger charge is 2.50. The zero-order valence-electron chi connectivity index (χ0n) is 17.0. The number of aromatic hydroxyl groups is 3. The average molecular weight is 462 g/mol. The minimum Gasteiger partial charge on any atom is -0.508 e. The van der Waals surface area contributed by atoms with Gasteiger partial charge in [-0.3, -0.25) is 9.59 Å². The van der Waals surface area contributed by atoms with E-state index in [9.17, 15) is 45.3 Å². The van der Waals surface area contributed by atoms with Crippen LogP contribution in [0.15, 0.2) is 36.4 Å². The number of ketones is 1. The zero-order valence-corrected chi connectivity index (χ0v) is 17.0. The number of aliphatic hydroxyl groups is 3. The van der Waals surface area contributed by atoms with Crippen molar-refractivity contribution in [2.45, 2.75) is 43.0 Å². The van der Waals surface area contributed by atoms with Crippen molar-refractivity contribution in [3.63, 3.8) is 0 Å². The number of phenolic OH excluding ortho intramolecular Hbond substituents is 3. The minimum atomic E-state index is -1.84. The monoisotopic (exact) mass is 462 g/mol. The van der Waals surface area contributed by atoms with Gasteiger partial charge in [0.05, 0.1) is 18.1 Å². The summed E-state index contributed by atoms with van der Waals surface area (Å²) >= 11 is 0. The minimum absolute atomic E-state index is 0.0573. The predicted octanol–water partition coefficient (Wildman–Crippen LogP) is 0.0608. The number of fused-ring (bicyclic) bond motifs is 1. The Bertz CT molecular complexity index is 1070. The fourth-order valence-corrected chi connectivity index (χ4v) is 4.21. The number of rotatable bonds is 4. The van der Waals surface area contributed by atoms with Gasteiger partial charge >= 0.3 is 5.97 Å². The van der Waals surface area contributed by atoms with E-state index in [1.54, 1.807) is 0 Å². The molecule has 1 saturated carbocycles. The second kappa shape index (κ2) is 8.52. The molecule has 0 bridgehead atoms. The highest BCUT2D eigenvalue weighted by Crippen LogP contribution is 2.44. The standard InChI is InChI=1S/C22H22O11/c23-9-3-1-8(2-4-9)20-21(18(28)15-12(25)5-10(24)6-13(15)32-20)33-14-7-11(22(30)31)16(26)19(29)17(14)27/h1-6,11,14,16-17,19-21,23-27,29H,7H2,(H,30,31)/t11-,14-,16+,17-,19-,20+,21-/m0/s1. The Hall–Kier alpha value is -3.38. The van der Waals surface area contributed by atoms with Gasteiger partial charge in [0.15, 0.2) is 12.2 Å². The Morgan fingerprint density at radius 3 is 2.24 bits per heavy atom.